The first-order chi connectivity index (χ1) is 8.02. The van der Waals surface area contributed by atoms with Crippen LogP contribution in [0.2, 0.25) is 0 Å². The minimum absolute atomic E-state index is 0.299. The Morgan fingerprint density at radius 1 is 1.47 bits per heavy atom. The van der Waals surface area contributed by atoms with E-state index >= 15 is 0 Å². The highest BCUT2D eigenvalue weighted by Gasteiger charge is 2.42. The number of benzene rings is 1. The van der Waals surface area contributed by atoms with Crippen LogP contribution in [0.4, 0.5) is 4.39 Å². The first kappa shape index (κ1) is 12.5. The molecular formula is C13H13BrFNO. The van der Waals surface area contributed by atoms with Gasteiger partial charge in [0.1, 0.15) is 11.4 Å². The molecule has 0 amide bonds. The van der Waals surface area contributed by atoms with E-state index in [9.17, 15) is 9.18 Å². The molecule has 0 unspecified atom stereocenters. The van der Waals surface area contributed by atoms with E-state index in [2.05, 4.69) is 20.9 Å². The molecule has 1 aromatic carbocycles. The first-order valence-electron chi connectivity index (χ1n) is 5.56. The topological polar surface area (TPSA) is 29.4 Å². The summed E-state index contributed by atoms with van der Waals surface area (Å²) in [6, 6.07) is 1.76. The van der Waals surface area contributed by atoms with Crippen molar-refractivity contribution in [2.75, 3.05) is 0 Å². The third-order valence-corrected chi connectivity index (χ3v) is 4.22. The number of halogens is 2. The predicted octanol–water partition coefficient (Wildman–Crippen LogP) is 3.92. The lowest BCUT2D eigenvalue weighted by Gasteiger charge is -2.38. The molecule has 90 valence electrons. The van der Waals surface area contributed by atoms with Gasteiger partial charge in [0, 0.05) is 5.56 Å². The number of rotatable bonds is 2. The molecule has 0 spiro atoms. The van der Waals surface area contributed by atoms with Gasteiger partial charge in [-0.2, -0.15) is 4.99 Å². The lowest BCUT2D eigenvalue weighted by Crippen LogP contribution is -2.34. The lowest BCUT2D eigenvalue weighted by molar-refractivity contribution is 0.245. The summed E-state index contributed by atoms with van der Waals surface area (Å²) in [5.74, 6) is -0.299. The molecule has 0 radical (unpaired) electrons. The zero-order valence-corrected chi connectivity index (χ0v) is 11.4. The number of isocyanates is 1. The third-order valence-electron chi connectivity index (χ3n) is 3.64. The molecule has 1 fully saturated rings. The van der Waals surface area contributed by atoms with Gasteiger partial charge in [0.15, 0.2) is 0 Å². The van der Waals surface area contributed by atoms with Crippen LogP contribution in [-0.4, -0.2) is 6.08 Å². The largest absolute Gasteiger partial charge is 0.235 e. The molecule has 0 aliphatic heterocycles. The Bertz CT molecular complexity index is 490. The van der Waals surface area contributed by atoms with Crippen molar-refractivity contribution in [2.45, 2.75) is 38.6 Å². The molecule has 0 heterocycles. The molecule has 2 rings (SSSR count). The number of nitrogens with zero attached hydrogens (tertiary/aromatic N) is 1. The molecule has 1 aromatic rings. The monoisotopic (exact) mass is 297 g/mol. The minimum atomic E-state index is -0.676. The summed E-state index contributed by atoms with van der Waals surface area (Å²) in [4.78, 5) is 14.4. The Morgan fingerprint density at radius 3 is 2.59 bits per heavy atom. The molecule has 17 heavy (non-hydrogen) atoms. The number of aryl methyl sites for hydroxylation is 1. The Hall–Kier alpha value is -0.990. The van der Waals surface area contributed by atoms with Crippen LogP contribution >= 0.6 is 15.9 Å². The standard InChI is InChI=1S/C13H13BrFNO/c1-8-6-10(14)12(15)11(9(8)2)13(16-7-17)4-3-5-13/h6H,3-5H2,1-2H3. The molecule has 0 aromatic heterocycles. The fourth-order valence-corrected chi connectivity index (χ4v) is 2.95. The van der Waals surface area contributed by atoms with Gasteiger partial charge < -0.3 is 0 Å². The number of aliphatic imine (C=N–C) groups is 1. The van der Waals surface area contributed by atoms with E-state index in [1.54, 1.807) is 12.1 Å². The van der Waals surface area contributed by atoms with E-state index in [1.807, 2.05) is 13.8 Å². The molecular weight excluding hydrogens is 285 g/mol. The Balaban J connectivity index is 2.69. The van der Waals surface area contributed by atoms with Crippen LogP contribution in [-0.2, 0) is 10.3 Å². The van der Waals surface area contributed by atoms with Gasteiger partial charge in [-0.3, -0.25) is 0 Å². The van der Waals surface area contributed by atoms with Gasteiger partial charge in [-0.05, 0) is 66.2 Å². The average Bonchev–Trinajstić information content (AvgIpc) is 2.23. The number of carbonyl (C=O) groups excluding carboxylic acids is 1. The molecule has 0 N–H and O–H groups in total. The van der Waals surface area contributed by atoms with E-state index < -0.39 is 5.54 Å². The fourth-order valence-electron chi connectivity index (χ4n) is 2.41. The van der Waals surface area contributed by atoms with Gasteiger partial charge in [0.2, 0.25) is 6.08 Å². The predicted molar refractivity (Wildman–Crippen MR) is 67.2 cm³/mol. The molecule has 1 saturated carbocycles. The van der Waals surface area contributed by atoms with Gasteiger partial charge in [0.25, 0.3) is 0 Å². The Morgan fingerprint density at radius 2 is 2.12 bits per heavy atom. The lowest BCUT2D eigenvalue weighted by atomic mass is 9.70. The van der Waals surface area contributed by atoms with E-state index in [1.165, 1.54) is 0 Å². The first-order valence-corrected chi connectivity index (χ1v) is 6.36. The van der Waals surface area contributed by atoms with Crippen LogP contribution in [0, 0.1) is 19.7 Å². The number of hydrogen-bond acceptors (Lipinski definition) is 2. The van der Waals surface area contributed by atoms with Crippen LogP contribution in [0.1, 0.15) is 36.0 Å². The molecule has 1 aliphatic rings. The van der Waals surface area contributed by atoms with Crippen molar-refractivity contribution < 1.29 is 9.18 Å². The van der Waals surface area contributed by atoms with Crippen molar-refractivity contribution in [2.24, 2.45) is 4.99 Å². The molecule has 4 heteroatoms. The normalized spacial score (nSPS) is 17.2. The Labute approximate surface area is 108 Å². The van der Waals surface area contributed by atoms with Gasteiger partial charge in [-0.25, -0.2) is 9.18 Å². The number of hydrogen-bond donors (Lipinski definition) is 0. The molecule has 1 aliphatic carbocycles. The molecule has 0 bridgehead atoms. The van der Waals surface area contributed by atoms with E-state index in [0.717, 1.165) is 30.4 Å². The van der Waals surface area contributed by atoms with Crippen molar-refractivity contribution in [3.8, 4) is 0 Å². The van der Waals surface area contributed by atoms with Gasteiger partial charge in [-0.15, -0.1) is 0 Å². The highest BCUT2D eigenvalue weighted by molar-refractivity contribution is 9.10. The van der Waals surface area contributed by atoms with Crippen LogP contribution in [0.3, 0.4) is 0 Å². The van der Waals surface area contributed by atoms with Crippen LogP contribution < -0.4 is 0 Å². The van der Waals surface area contributed by atoms with Gasteiger partial charge in [-0.1, -0.05) is 0 Å². The van der Waals surface area contributed by atoms with Crippen molar-refractivity contribution in [3.05, 3.63) is 33.0 Å². The summed E-state index contributed by atoms with van der Waals surface area (Å²) in [7, 11) is 0. The smallest absolute Gasteiger partial charge is 0.211 e. The zero-order chi connectivity index (χ0) is 12.6. The molecule has 0 saturated heterocycles. The van der Waals surface area contributed by atoms with E-state index in [4.69, 9.17) is 0 Å². The zero-order valence-electron chi connectivity index (χ0n) is 9.81. The maximum atomic E-state index is 14.2. The van der Waals surface area contributed by atoms with E-state index in [0.29, 0.717) is 10.0 Å². The van der Waals surface area contributed by atoms with E-state index in [-0.39, 0.29) is 5.82 Å². The van der Waals surface area contributed by atoms with Crippen LogP contribution in [0.25, 0.3) is 0 Å². The second kappa shape index (κ2) is 4.35. The van der Waals surface area contributed by atoms with Gasteiger partial charge >= 0.3 is 0 Å². The highest BCUT2D eigenvalue weighted by atomic mass is 79.9. The fraction of sp³-hybridized carbons (Fsp3) is 0.462. The summed E-state index contributed by atoms with van der Waals surface area (Å²) in [6.45, 7) is 3.81. The Kier molecular flexibility index (Phi) is 3.19. The van der Waals surface area contributed by atoms with Crippen molar-refractivity contribution >= 4 is 22.0 Å². The van der Waals surface area contributed by atoms with Crippen molar-refractivity contribution in [1.82, 2.24) is 0 Å². The summed E-state index contributed by atoms with van der Waals surface area (Å²) < 4.78 is 14.7. The summed E-state index contributed by atoms with van der Waals surface area (Å²) >= 11 is 3.21. The highest BCUT2D eigenvalue weighted by Crippen LogP contribution is 2.48. The minimum Gasteiger partial charge on any atom is -0.211 e. The summed E-state index contributed by atoms with van der Waals surface area (Å²) in [6.07, 6.45) is 4.00. The molecule has 2 nitrogen and oxygen atoms in total. The maximum Gasteiger partial charge on any atom is 0.235 e. The van der Waals surface area contributed by atoms with Crippen LogP contribution in [0.15, 0.2) is 15.5 Å². The molecule has 0 atom stereocenters. The van der Waals surface area contributed by atoms with Crippen LogP contribution in [0.5, 0.6) is 0 Å². The third kappa shape index (κ3) is 1.85. The van der Waals surface area contributed by atoms with Crippen molar-refractivity contribution in [1.29, 1.82) is 0 Å². The summed E-state index contributed by atoms with van der Waals surface area (Å²) in [5, 5.41) is 0. The average molecular weight is 298 g/mol. The summed E-state index contributed by atoms with van der Waals surface area (Å²) in [5.41, 5.74) is 1.76. The second-order valence-electron chi connectivity index (χ2n) is 4.58. The maximum absolute atomic E-state index is 14.2. The SMILES string of the molecule is Cc1cc(Br)c(F)c(C2(N=C=O)CCC2)c1C. The quantitative estimate of drug-likeness (QED) is 0.601. The van der Waals surface area contributed by atoms with Crippen molar-refractivity contribution in [3.63, 3.8) is 0 Å². The second-order valence-corrected chi connectivity index (χ2v) is 5.43. The van der Waals surface area contributed by atoms with Gasteiger partial charge in [0.05, 0.1) is 4.47 Å².